The van der Waals surface area contributed by atoms with Crippen molar-refractivity contribution in [1.82, 2.24) is 0 Å². The van der Waals surface area contributed by atoms with Crippen molar-refractivity contribution >= 4 is 11.4 Å². The number of rotatable bonds is 4. The van der Waals surface area contributed by atoms with Gasteiger partial charge >= 0.3 is 0 Å². The van der Waals surface area contributed by atoms with Crippen LogP contribution in [0.4, 0.5) is 11.4 Å². The first-order valence-electron chi connectivity index (χ1n) is 4.84. The molecule has 3 N–H and O–H groups in total. The Kier molecular flexibility index (Phi) is 3.75. The average Bonchev–Trinajstić information content (AvgIpc) is 2.21. The smallest absolute Gasteiger partial charge is 0.0992 e. The van der Waals surface area contributed by atoms with E-state index in [1.54, 1.807) is 12.1 Å². The van der Waals surface area contributed by atoms with E-state index in [1.165, 1.54) is 0 Å². The van der Waals surface area contributed by atoms with Gasteiger partial charge in [0.2, 0.25) is 0 Å². The zero-order chi connectivity index (χ0) is 11.3. The summed E-state index contributed by atoms with van der Waals surface area (Å²) < 4.78 is 0. The number of hydrogen-bond donors (Lipinski definition) is 2. The van der Waals surface area contributed by atoms with Gasteiger partial charge in [0.15, 0.2) is 0 Å². The van der Waals surface area contributed by atoms with Crippen molar-refractivity contribution in [3.63, 3.8) is 0 Å². The SMILES string of the molecule is C=CCC(C)Nc1ccc(C#N)cc1N. The van der Waals surface area contributed by atoms with Gasteiger partial charge in [-0.1, -0.05) is 6.08 Å². The van der Waals surface area contributed by atoms with Crippen LogP contribution in [0, 0.1) is 11.3 Å². The first-order chi connectivity index (χ1) is 7.17. The van der Waals surface area contributed by atoms with Crippen LogP contribution >= 0.6 is 0 Å². The standard InChI is InChI=1S/C12H15N3/c1-3-4-9(2)15-12-6-5-10(8-13)7-11(12)14/h3,5-7,9,15H,1,4,14H2,2H3. The van der Waals surface area contributed by atoms with E-state index in [0.29, 0.717) is 11.3 Å². The number of benzene rings is 1. The lowest BCUT2D eigenvalue weighted by molar-refractivity contribution is 0.814. The van der Waals surface area contributed by atoms with Crippen molar-refractivity contribution in [2.24, 2.45) is 0 Å². The van der Waals surface area contributed by atoms with E-state index >= 15 is 0 Å². The summed E-state index contributed by atoms with van der Waals surface area (Å²) in [7, 11) is 0. The molecule has 0 aliphatic rings. The predicted octanol–water partition coefficient (Wildman–Crippen LogP) is 2.52. The highest BCUT2D eigenvalue weighted by atomic mass is 14.9. The van der Waals surface area contributed by atoms with Crippen LogP contribution in [0.5, 0.6) is 0 Å². The number of nitrogens with zero attached hydrogens (tertiary/aromatic N) is 1. The Morgan fingerprint density at radius 1 is 1.67 bits per heavy atom. The lowest BCUT2D eigenvalue weighted by Crippen LogP contribution is -2.14. The summed E-state index contributed by atoms with van der Waals surface area (Å²) in [4.78, 5) is 0. The topological polar surface area (TPSA) is 61.8 Å². The van der Waals surface area contributed by atoms with E-state index in [2.05, 4.69) is 18.8 Å². The number of nitrogen functional groups attached to an aromatic ring is 1. The lowest BCUT2D eigenvalue weighted by Gasteiger charge is -2.15. The second-order valence-corrected chi connectivity index (χ2v) is 3.48. The third-order valence-corrected chi connectivity index (χ3v) is 2.10. The van der Waals surface area contributed by atoms with E-state index in [-0.39, 0.29) is 6.04 Å². The summed E-state index contributed by atoms with van der Waals surface area (Å²) in [6.45, 7) is 5.73. The van der Waals surface area contributed by atoms with Crippen molar-refractivity contribution in [2.75, 3.05) is 11.1 Å². The van der Waals surface area contributed by atoms with Gasteiger partial charge in [-0.3, -0.25) is 0 Å². The molecule has 0 amide bonds. The number of nitrogens with one attached hydrogen (secondary N) is 1. The highest BCUT2D eigenvalue weighted by Gasteiger charge is 2.03. The minimum Gasteiger partial charge on any atom is -0.397 e. The fourth-order valence-corrected chi connectivity index (χ4v) is 1.34. The molecule has 1 rings (SSSR count). The van der Waals surface area contributed by atoms with Gasteiger partial charge in [-0.15, -0.1) is 6.58 Å². The fraction of sp³-hybridized carbons (Fsp3) is 0.250. The van der Waals surface area contributed by atoms with Crippen LogP contribution in [0.2, 0.25) is 0 Å². The van der Waals surface area contributed by atoms with E-state index in [0.717, 1.165) is 12.1 Å². The maximum Gasteiger partial charge on any atom is 0.0992 e. The van der Waals surface area contributed by atoms with Gasteiger partial charge in [0.05, 0.1) is 23.0 Å². The Bertz CT molecular complexity index is 390. The monoisotopic (exact) mass is 201 g/mol. The zero-order valence-corrected chi connectivity index (χ0v) is 8.83. The molecule has 1 aromatic carbocycles. The Labute approximate surface area is 90.2 Å². The molecule has 0 aromatic heterocycles. The second kappa shape index (κ2) is 5.06. The summed E-state index contributed by atoms with van der Waals surface area (Å²) in [6, 6.07) is 7.58. The number of nitriles is 1. The highest BCUT2D eigenvalue weighted by molar-refractivity contribution is 5.68. The van der Waals surface area contributed by atoms with E-state index in [4.69, 9.17) is 11.0 Å². The molecule has 1 unspecified atom stereocenters. The molecule has 0 fully saturated rings. The van der Waals surface area contributed by atoms with Crippen LogP contribution in [-0.4, -0.2) is 6.04 Å². The Balaban J connectivity index is 2.79. The Hall–Kier alpha value is -1.95. The Morgan fingerprint density at radius 3 is 2.93 bits per heavy atom. The van der Waals surface area contributed by atoms with Gasteiger partial charge < -0.3 is 11.1 Å². The van der Waals surface area contributed by atoms with Gasteiger partial charge in [-0.2, -0.15) is 5.26 Å². The molecule has 0 spiro atoms. The van der Waals surface area contributed by atoms with Gasteiger partial charge in [0, 0.05) is 6.04 Å². The first kappa shape index (κ1) is 11.1. The van der Waals surface area contributed by atoms with Crippen LogP contribution in [-0.2, 0) is 0 Å². The number of anilines is 2. The quantitative estimate of drug-likeness (QED) is 0.581. The lowest BCUT2D eigenvalue weighted by atomic mass is 10.1. The van der Waals surface area contributed by atoms with E-state index in [1.807, 2.05) is 18.2 Å². The molecule has 0 saturated heterocycles. The summed E-state index contributed by atoms with van der Waals surface area (Å²) in [6.07, 6.45) is 2.73. The fourth-order valence-electron chi connectivity index (χ4n) is 1.34. The molecule has 1 atom stereocenters. The molecule has 15 heavy (non-hydrogen) atoms. The van der Waals surface area contributed by atoms with Gasteiger partial charge in [0.25, 0.3) is 0 Å². The predicted molar refractivity (Wildman–Crippen MR) is 63.5 cm³/mol. The van der Waals surface area contributed by atoms with Crippen molar-refractivity contribution in [2.45, 2.75) is 19.4 Å². The summed E-state index contributed by atoms with van der Waals surface area (Å²) in [5, 5.41) is 11.9. The molecule has 0 heterocycles. The third-order valence-electron chi connectivity index (χ3n) is 2.10. The summed E-state index contributed by atoms with van der Waals surface area (Å²) in [5.74, 6) is 0. The molecule has 3 nitrogen and oxygen atoms in total. The molecule has 0 aliphatic carbocycles. The van der Waals surface area contributed by atoms with Crippen LogP contribution in [0.1, 0.15) is 18.9 Å². The van der Waals surface area contributed by atoms with Gasteiger partial charge in [-0.25, -0.2) is 0 Å². The molecular weight excluding hydrogens is 186 g/mol. The first-order valence-corrected chi connectivity index (χ1v) is 4.84. The summed E-state index contributed by atoms with van der Waals surface area (Å²) in [5.41, 5.74) is 7.85. The van der Waals surface area contributed by atoms with Crippen LogP contribution in [0.15, 0.2) is 30.9 Å². The zero-order valence-electron chi connectivity index (χ0n) is 8.83. The van der Waals surface area contributed by atoms with Crippen molar-refractivity contribution in [1.29, 1.82) is 5.26 Å². The van der Waals surface area contributed by atoms with Gasteiger partial charge in [0.1, 0.15) is 0 Å². The van der Waals surface area contributed by atoms with Gasteiger partial charge in [-0.05, 0) is 31.5 Å². The maximum atomic E-state index is 8.68. The van der Waals surface area contributed by atoms with E-state index in [9.17, 15) is 0 Å². The third kappa shape index (κ3) is 3.03. The average molecular weight is 201 g/mol. The van der Waals surface area contributed by atoms with E-state index < -0.39 is 0 Å². The molecule has 0 bridgehead atoms. The molecule has 0 radical (unpaired) electrons. The molecule has 78 valence electrons. The number of hydrogen-bond acceptors (Lipinski definition) is 3. The van der Waals surface area contributed by atoms with Crippen LogP contribution in [0.25, 0.3) is 0 Å². The summed E-state index contributed by atoms with van der Waals surface area (Å²) >= 11 is 0. The van der Waals surface area contributed by atoms with Crippen molar-refractivity contribution < 1.29 is 0 Å². The minimum atomic E-state index is 0.290. The highest BCUT2D eigenvalue weighted by Crippen LogP contribution is 2.20. The maximum absolute atomic E-state index is 8.68. The number of nitrogens with two attached hydrogens (primary N) is 1. The minimum absolute atomic E-state index is 0.290. The van der Waals surface area contributed by atoms with Crippen molar-refractivity contribution in [3.05, 3.63) is 36.4 Å². The molecular formula is C12H15N3. The largest absolute Gasteiger partial charge is 0.397 e. The molecule has 3 heteroatoms. The van der Waals surface area contributed by atoms with Crippen LogP contribution in [0.3, 0.4) is 0 Å². The molecule has 0 saturated carbocycles. The second-order valence-electron chi connectivity index (χ2n) is 3.48. The van der Waals surface area contributed by atoms with Crippen molar-refractivity contribution in [3.8, 4) is 6.07 Å². The molecule has 1 aromatic rings. The normalized spacial score (nSPS) is 11.5. The van der Waals surface area contributed by atoms with Crippen LogP contribution < -0.4 is 11.1 Å². The molecule has 0 aliphatic heterocycles. The Morgan fingerprint density at radius 2 is 2.40 bits per heavy atom.